The minimum absolute atomic E-state index is 0.188. The SMILES string of the molecule is CC=CC(=O)N1CCCCC(CC)C1. The predicted molar refractivity (Wildman–Crippen MR) is 59.0 cm³/mol. The second kappa shape index (κ2) is 5.84. The Hall–Kier alpha value is -0.790. The molecule has 14 heavy (non-hydrogen) atoms. The van der Waals surface area contributed by atoms with Crippen LogP contribution in [0.4, 0.5) is 0 Å². The number of carbonyl (C=O) groups is 1. The molecule has 0 saturated carbocycles. The predicted octanol–water partition coefficient (Wildman–Crippen LogP) is 2.60. The maximum Gasteiger partial charge on any atom is 0.246 e. The molecule has 0 radical (unpaired) electrons. The first-order valence-corrected chi connectivity index (χ1v) is 5.69. The topological polar surface area (TPSA) is 20.3 Å². The van der Waals surface area contributed by atoms with Crippen molar-refractivity contribution in [3.63, 3.8) is 0 Å². The van der Waals surface area contributed by atoms with Gasteiger partial charge in [-0.2, -0.15) is 0 Å². The summed E-state index contributed by atoms with van der Waals surface area (Å²) in [6.45, 7) is 6.01. The van der Waals surface area contributed by atoms with Crippen molar-refractivity contribution in [2.24, 2.45) is 5.92 Å². The number of rotatable bonds is 2. The van der Waals surface area contributed by atoms with Gasteiger partial charge in [0.15, 0.2) is 0 Å². The smallest absolute Gasteiger partial charge is 0.246 e. The molecular weight excluding hydrogens is 174 g/mol. The molecule has 0 aromatic carbocycles. The van der Waals surface area contributed by atoms with Crippen molar-refractivity contribution in [1.29, 1.82) is 0 Å². The molecule has 1 aliphatic rings. The average molecular weight is 195 g/mol. The molecule has 2 nitrogen and oxygen atoms in total. The van der Waals surface area contributed by atoms with E-state index in [1.807, 2.05) is 17.9 Å². The molecule has 1 unspecified atom stereocenters. The van der Waals surface area contributed by atoms with Gasteiger partial charge in [-0.05, 0) is 31.8 Å². The number of allylic oxidation sites excluding steroid dienone is 1. The standard InChI is InChI=1S/C12H21NO/c1-3-7-12(14)13-9-6-5-8-11(4-2)10-13/h3,7,11H,4-6,8-10H2,1-2H3. The highest BCUT2D eigenvalue weighted by molar-refractivity contribution is 5.87. The molecule has 1 heterocycles. The number of carbonyl (C=O) groups excluding carboxylic acids is 1. The monoisotopic (exact) mass is 195 g/mol. The Balaban J connectivity index is 2.54. The minimum atomic E-state index is 0.188. The van der Waals surface area contributed by atoms with Crippen molar-refractivity contribution in [2.45, 2.75) is 39.5 Å². The lowest BCUT2D eigenvalue weighted by Gasteiger charge is -2.22. The molecule has 0 N–H and O–H groups in total. The normalized spacial score (nSPS) is 23.9. The number of likely N-dealkylation sites (tertiary alicyclic amines) is 1. The quantitative estimate of drug-likeness (QED) is 0.620. The Morgan fingerprint density at radius 2 is 2.29 bits per heavy atom. The highest BCUT2D eigenvalue weighted by Gasteiger charge is 2.18. The van der Waals surface area contributed by atoms with Gasteiger partial charge < -0.3 is 4.90 Å². The zero-order chi connectivity index (χ0) is 10.4. The van der Waals surface area contributed by atoms with Gasteiger partial charge in [-0.3, -0.25) is 4.79 Å². The first-order chi connectivity index (χ1) is 6.77. The lowest BCUT2D eigenvalue weighted by molar-refractivity contribution is -0.126. The molecule has 0 aromatic rings. The Kier molecular flexibility index (Phi) is 4.71. The van der Waals surface area contributed by atoms with Gasteiger partial charge in [0.1, 0.15) is 0 Å². The Morgan fingerprint density at radius 3 is 2.93 bits per heavy atom. The van der Waals surface area contributed by atoms with E-state index >= 15 is 0 Å². The van der Waals surface area contributed by atoms with Crippen LogP contribution < -0.4 is 0 Å². The molecular formula is C12H21NO. The zero-order valence-corrected chi connectivity index (χ0v) is 9.33. The van der Waals surface area contributed by atoms with Gasteiger partial charge in [0.2, 0.25) is 5.91 Å². The second-order valence-corrected chi connectivity index (χ2v) is 4.05. The van der Waals surface area contributed by atoms with Crippen molar-refractivity contribution in [1.82, 2.24) is 4.90 Å². The third-order valence-corrected chi connectivity index (χ3v) is 2.97. The van der Waals surface area contributed by atoms with Crippen LogP contribution in [0.25, 0.3) is 0 Å². The van der Waals surface area contributed by atoms with Crippen LogP contribution in [-0.4, -0.2) is 23.9 Å². The molecule has 1 aliphatic heterocycles. The summed E-state index contributed by atoms with van der Waals surface area (Å²) in [7, 11) is 0. The molecule has 0 bridgehead atoms. The van der Waals surface area contributed by atoms with Gasteiger partial charge in [-0.1, -0.05) is 25.8 Å². The molecule has 1 atom stereocenters. The van der Waals surface area contributed by atoms with E-state index in [2.05, 4.69) is 6.92 Å². The van der Waals surface area contributed by atoms with E-state index in [1.165, 1.54) is 25.7 Å². The Morgan fingerprint density at radius 1 is 1.50 bits per heavy atom. The average Bonchev–Trinajstić information content (AvgIpc) is 2.43. The Bertz CT molecular complexity index is 210. The molecule has 80 valence electrons. The van der Waals surface area contributed by atoms with Crippen molar-refractivity contribution in [2.75, 3.05) is 13.1 Å². The zero-order valence-electron chi connectivity index (χ0n) is 9.33. The van der Waals surface area contributed by atoms with Gasteiger partial charge in [-0.25, -0.2) is 0 Å². The summed E-state index contributed by atoms with van der Waals surface area (Å²) < 4.78 is 0. The first kappa shape index (κ1) is 11.3. The summed E-state index contributed by atoms with van der Waals surface area (Å²) in [6.07, 6.45) is 8.43. The highest BCUT2D eigenvalue weighted by Crippen LogP contribution is 2.19. The van der Waals surface area contributed by atoms with E-state index < -0.39 is 0 Å². The maximum absolute atomic E-state index is 11.7. The lowest BCUT2D eigenvalue weighted by Crippen LogP contribution is -2.33. The van der Waals surface area contributed by atoms with Crippen molar-refractivity contribution < 1.29 is 4.79 Å². The number of nitrogens with zero attached hydrogens (tertiary/aromatic N) is 1. The summed E-state index contributed by atoms with van der Waals surface area (Å²) in [4.78, 5) is 13.7. The molecule has 0 aromatic heterocycles. The number of amides is 1. The maximum atomic E-state index is 11.7. The largest absolute Gasteiger partial charge is 0.339 e. The second-order valence-electron chi connectivity index (χ2n) is 4.05. The summed E-state index contributed by atoms with van der Waals surface area (Å²) in [6, 6.07) is 0. The highest BCUT2D eigenvalue weighted by atomic mass is 16.2. The molecule has 1 saturated heterocycles. The first-order valence-electron chi connectivity index (χ1n) is 5.69. The van der Waals surface area contributed by atoms with Crippen LogP contribution in [0.15, 0.2) is 12.2 Å². The lowest BCUT2D eigenvalue weighted by atomic mass is 10.0. The third-order valence-electron chi connectivity index (χ3n) is 2.97. The fraction of sp³-hybridized carbons (Fsp3) is 0.750. The molecule has 1 fully saturated rings. The molecule has 0 aliphatic carbocycles. The summed E-state index contributed by atoms with van der Waals surface area (Å²) in [5, 5.41) is 0. The minimum Gasteiger partial charge on any atom is -0.339 e. The summed E-state index contributed by atoms with van der Waals surface area (Å²) in [5.41, 5.74) is 0. The van der Waals surface area contributed by atoms with Crippen LogP contribution >= 0.6 is 0 Å². The van der Waals surface area contributed by atoms with Gasteiger partial charge in [0.25, 0.3) is 0 Å². The van der Waals surface area contributed by atoms with Crippen LogP contribution in [0, 0.1) is 5.92 Å². The summed E-state index contributed by atoms with van der Waals surface area (Å²) in [5.74, 6) is 0.902. The van der Waals surface area contributed by atoms with E-state index in [0.29, 0.717) is 5.92 Å². The van der Waals surface area contributed by atoms with Crippen LogP contribution in [0.2, 0.25) is 0 Å². The number of hydrogen-bond donors (Lipinski definition) is 0. The van der Waals surface area contributed by atoms with E-state index in [4.69, 9.17) is 0 Å². The van der Waals surface area contributed by atoms with E-state index in [9.17, 15) is 4.79 Å². The van der Waals surface area contributed by atoms with E-state index in [-0.39, 0.29) is 5.91 Å². The van der Waals surface area contributed by atoms with Crippen molar-refractivity contribution in [3.8, 4) is 0 Å². The van der Waals surface area contributed by atoms with Crippen LogP contribution in [0.5, 0.6) is 0 Å². The molecule has 0 spiro atoms. The van der Waals surface area contributed by atoms with Crippen molar-refractivity contribution in [3.05, 3.63) is 12.2 Å². The third kappa shape index (κ3) is 3.17. The van der Waals surface area contributed by atoms with Gasteiger partial charge >= 0.3 is 0 Å². The van der Waals surface area contributed by atoms with Crippen LogP contribution in [0.3, 0.4) is 0 Å². The van der Waals surface area contributed by atoms with E-state index in [0.717, 1.165) is 13.1 Å². The molecule has 1 amide bonds. The van der Waals surface area contributed by atoms with E-state index in [1.54, 1.807) is 6.08 Å². The van der Waals surface area contributed by atoms with Crippen molar-refractivity contribution >= 4 is 5.91 Å². The Labute approximate surface area is 87.0 Å². The summed E-state index contributed by atoms with van der Waals surface area (Å²) >= 11 is 0. The van der Waals surface area contributed by atoms with Gasteiger partial charge in [0.05, 0.1) is 0 Å². The number of hydrogen-bond acceptors (Lipinski definition) is 1. The molecule has 1 rings (SSSR count). The van der Waals surface area contributed by atoms with Gasteiger partial charge in [-0.15, -0.1) is 0 Å². The fourth-order valence-corrected chi connectivity index (χ4v) is 2.01. The van der Waals surface area contributed by atoms with Crippen LogP contribution in [-0.2, 0) is 4.79 Å². The molecule has 2 heteroatoms. The van der Waals surface area contributed by atoms with Gasteiger partial charge in [0, 0.05) is 13.1 Å². The van der Waals surface area contributed by atoms with Crippen LogP contribution in [0.1, 0.15) is 39.5 Å². The fourth-order valence-electron chi connectivity index (χ4n) is 2.01.